The molecular formula is C90H55BN2. The average molecular weight is 1180 g/mol. The first-order valence-electron chi connectivity index (χ1n) is 34.2. The first-order chi connectivity index (χ1) is 46.0. The molecule has 0 aromatic heterocycles. The Balaban J connectivity index is 0.763. The van der Waals surface area contributed by atoms with Gasteiger partial charge in [0.15, 0.2) is 0 Å². The van der Waals surface area contributed by atoms with Crippen molar-refractivity contribution in [2.75, 3.05) is 9.80 Å². The number of nitrogens with zero attached hydrogens (tertiary/aromatic N) is 2. The van der Waals surface area contributed by atoms with E-state index in [-0.39, 0.29) is 58.0 Å². The summed E-state index contributed by atoms with van der Waals surface area (Å²) in [7, 11) is 0. The van der Waals surface area contributed by atoms with Gasteiger partial charge in [-0.05, 0) is 205 Å². The zero-order chi connectivity index (χ0) is 59.6. The smallest absolute Gasteiger partial charge is 0.252 e. The van der Waals surface area contributed by atoms with Crippen molar-refractivity contribution in [2.24, 2.45) is 0 Å². The van der Waals surface area contributed by atoms with Crippen LogP contribution in [-0.4, -0.2) is 6.71 Å². The van der Waals surface area contributed by atoms with Gasteiger partial charge in [0.25, 0.3) is 6.71 Å². The second-order valence-corrected chi connectivity index (χ2v) is 29.9. The van der Waals surface area contributed by atoms with Gasteiger partial charge >= 0.3 is 0 Å². The van der Waals surface area contributed by atoms with Crippen molar-refractivity contribution in [1.29, 1.82) is 0 Å². The molecule has 2 aliphatic heterocycles. The van der Waals surface area contributed by atoms with E-state index in [2.05, 4.69) is 290 Å². The summed E-state index contributed by atoms with van der Waals surface area (Å²) in [5.41, 5.74) is 47.0. The Kier molecular flexibility index (Phi) is 7.67. The van der Waals surface area contributed by atoms with Gasteiger partial charge in [-0.2, -0.15) is 0 Å². The summed E-state index contributed by atoms with van der Waals surface area (Å²) in [4.78, 5) is 5.56. The molecule has 4 spiro atoms. The third-order valence-electron chi connectivity index (χ3n) is 27.2. The van der Waals surface area contributed by atoms with Crippen molar-refractivity contribution in [3.8, 4) is 0 Å². The second-order valence-electron chi connectivity index (χ2n) is 29.9. The Morgan fingerprint density at radius 1 is 0.323 bits per heavy atom. The summed E-state index contributed by atoms with van der Waals surface area (Å²) in [6.45, 7) is 2.31. The average Bonchev–Trinajstić information content (AvgIpc) is 1.50. The molecular weight excluding hydrogens is 1120 g/mol. The number of rotatable bonds is 2. The van der Waals surface area contributed by atoms with Crippen molar-refractivity contribution >= 4 is 57.2 Å². The lowest BCUT2D eigenvalue weighted by Gasteiger charge is -2.61. The summed E-state index contributed by atoms with van der Waals surface area (Å²) < 4.78 is 0. The van der Waals surface area contributed by atoms with Crippen LogP contribution < -0.4 is 26.2 Å². The lowest BCUT2D eigenvalue weighted by Crippen LogP contribution is -2.62. The number of fused-ring (bicyclic) bond motifs is 22. The molecule has 0 amide bonds. The first kappa shape index (κ1) is 47.4. The zero-order valence-corrected chi connectivity index (χ0v) is 51.0. The van der Waals surface area contributed by atoms with Crippen LogP contribution in [0.3, 0.4) is 0 Å². The lowest BCUT2D eigenvalue weighted by molar-refractivity contribution is 0.285. The molecule has 93 heavy (non-hydrogen) atoms. The Morgan fingerprint density at radius 3 is 1.30 bits per heavy atom. The van der Waals surface area contributed by atoms with E-state index < -0.39 is 0 Å². The minimum Gasteiger partial charge on any atom is -0.311 e. The molecule has 428 valence electrons. The molecule has 9 atom stereocenters. The Morgan fingerprint density at radius 2 is 0.742 bits per heavy atom. The highest BCUT2D eigenvalue weighted by Gasteiger charge is 2.75. The van der Waals surface area contributed by atoms with Crippen LogP contribution >= 0.6 is 0 Å². The third kappa shape index (κ3) is 4.61. The van der Waals surface area contributed by atoms with Gasteiger partial charge in [-0.1, -0.05) is 225 Å². The quantitative estimate of drug-likeness (QED) is 0.159. The number of anilines is 6. The van der Waals surface area contributed by atoms with Gasteiger partial charge in [-0.15, -0.1) is 0 Å². The molecule has 3 heteroatoms. The summed E-state index contributed by atoms with van der Waals surface area (Å²) in [5, 5.41) is 0. The van der Waals surface area contributed by atoms with Crippen LogP contribution in [0.15, 0.2) is 279 Å². The number of allylic oxidation sites excluding steroid dienone is 6. The normalized spacial score (nSPS) is 28.5. The van der Waals surface area contributed by atoms with Gasteiger partial charge in [0.05, 0.1) is 0 Å². The van der Waals surface area contributed by atoms with E-state index in [9.17, 15) is 0 Å². The van der Waals surface area contributed by atoms with Crippen LogP contribution in [0, 0.1) is 6.92 Å². The molecule has 12 aromatic carbocycles. The maximum absolute atomic E-state index is 2.79. The van der Waals surface area contributed by atoms with Crippen LogP contribution in [0.4, 0.5) is 34.1 Å². The van der Waals surface area contributed by atoms with Gasteiger partial charge in [-0.25, -0.2) is 0 Å². The molecule has 12 aromatic rings. The van der Waals surface area contributed by atoms with E-state index >= 15 is 0 Å². The van der Waals surface area contributed by atoms with E-state index in [1.54, 1.807) is 0 Å². The van der Waals surface area contributed by atoms with Gasteiger partial charge in [0.1, 0.15) is 0 Å². The minimum absolute atomic E-state index is 0.0249. The summed E-state index contributed by atoms with van der Waals surface area (Å²) in [6.07, 6.45) is 12.4. The molecule has 9 unspecified atom stereocenters. The monoisotopic (exact) mass is 1170 g/mol. The fourth-order valence-electron chi connectivity index (χ4n) is 24.5. The summed E-state index contributed by atoms with van der Waals surface area (Å²) >= 11 is 0. The van der Waals surface area contributed by atoms with Crippen LogP contribution in [-0.2, 0) is 21.7 Å². The van der Waals surface area contributed by atoms with Gasteiger partial charge in [-0.3, -0.25) is 0 Å². The molecule has 15 aliphatic rings. The standard InChI is InChI=1S/C90H55BN2/c1-47-38-77-86-78(39-47)93(50-34-36-56-63(41-50)82-58-24-7-12-29-68(58)88(82)67-28-11-6-23-57(67)81(56)88)76-44-66-72(87-37-17-16-18-48(46-87)90(87)71-32-15-10-27-61(71)85(66)90)45-74(76)91(86)73-42-64-65(84-60-26-9-14-31-70(60)89(84)69-30-13-8-25-59(69)83(64)89)43-75(73)92(77)49-33-35-55-62(40-49)80-53-21-4-2-19-51(53)79(55)52-20-3-5-22-54(52)80/h2-46,79-85H,1H3. The predicted octanol–water partition coefficient (Wildman–Crippen LogP) is 17.5. The Labute approximate surface area is 540 Å². The number of aryl methyl sites for hydroxylation is 1. The molecule has 2 nitrogen and oxygen atoms in total. The largest absolute Gasteiger partial charge is 0.311 e. The fraction of sp³-hybridized carbons (Fsp3) is 0.133. The Hall–Kier alpha value is -10.5. The van der Waals surface area contributed by atoms with E-state index in [1.807, 2.05) is 0 Å². The van der Waals surface area contributed by atoms with E-state index in [1.165, 1.54) is 184 Å². The molecule has 0 fully saturated rings. The van der Waals surface area contributed by atoms with Crippen LogP contribution in [0.25, 0.3) is 0 Å². The van der Waals surface area contributed by atoms with E-state index in [0.29, 0.717) is 11.8 Å². The predicted molar refractivity (Wildman–Crippen MR) is 373 cm³/mol. The SMILES string of the molecule is Cc1cc2c3c(c1)N(c1ccc4c(c1)C1c5ccccc5C15c1ccccc1C45)c1cc4c(cc1B3c1cc3c(cc1N2c1ccc2c(c1)C1c5ccccc5C2c2ccccc21)C1c2ccccc2C12c1ccccc1C32)C12C=CC=CC(=C1)C21c2ccccc2C41. The van der Waals surface area contributed by atoms with Crippen LogP contribution in [0.5, 0.6) is 0 Å². The molecule has 0 radical (unpaired) electrons. The second kappa shape index (κ2) is 15.0. The van der Waals surface area contributed by atoms with Gasteiger partial charge in [0.2, 0.25) is 0 Å². The fourth-order valence-corrected chi connectivity index (χ4v) is 24.5. The van der Waals surface area contributed by atoms with Crippen molar-refractivity contribution in [2.45, 2.75) is 70.0 Å². The molecule has 4 bridgehead atoms. The highest BCUT2D eigenvalue weighted by atomic mass is 15.2. The van der Waals surface area contributed by atoms with Gasteiger partial charge < -0.3 is 9.80 Å². The number of hydrogen-bond acceptors (Lipinski definition) is 2. The van der Waals surface area contributed by atoms with Crippen molar-refractivity contribution < 1.29 is 0 Å². The molecule has 0 saturated carbocycles. The molecule has 0 N–H and O–H groups in total. The van der Waals surface area contributed by atoms with E-state index in [0.717, 1.165) is 0 Å². The molecule has 0 saturated heterocycles. The highest BCUT2D eigenvalue weighted by Crippen LogP contribution is 2.81. The highest BCUT2D eigenvalue weighted by molar-refractivity contribution is 7.00. The molecule has 2 heterocycles. The minimum atomic E-state index is -0.265. The Bertz CT molecular complexity index is 5810. The zero-order valence-electron chi connectivity index (χ0n) is 51.0. The first-order valence-corrected chi connectivity index (χ1v) is 34.2. The number of hydrogen-bond donors (Lipinski definition) is 0. The van der Waals surface area contributed by atoms with Crippen molar-refractivity contribution in [3.63, 3.8) is 0 Å². The third-order valence-corrected chi connectivity index (χ3v) is 27.2. The number of benzene rings is 12. The van der Waals surface area contributed by atoms with E-state index in [4.69, 9.17) is 0 Å². The summed E-state index contributed by atoms with van der Waals surface area (Å²) in [5.74, 6) is 1.80. The van der Waals surface area contributed by atoms with Crippen molar-refractivity contribution in [1.82, 2.24) is 0 Å². The van der Waals surface area contributed by atoms with Crippen molar-refractivity contribution in [3.05, 3.63) is 407 Å². The lowest BCUT2D eigenvalue weighted by atomic mass is 9.33. The summed E-state index contributed by atoms with van der Waals surface area (Å²) in [6, 6.07) is 97.7. The topological polar surface area (TPSA) is 6.48 Å². The van der Waals surface area contributed by atoms with Gasteiger partial charge in [0, 0.05) is 97.2 Å². The maximum Gasteiger partial charge on any atom is 0.252 e. The van der Waals surface area contributed by atoms with Crippen LogP contribution in [0.2, 0.25) is 0 Å². The maximum atomic E-state index is 2.79. The van der Waals surface area contributed by atoms with Crippen LogP contribution in [0.1, 0.15) is 169 Å². The molecule has 13 aliphatic carbocycles. The molecule has 27 rings (SSSR count).